The van der Waals surface area contributed by atoms with Crippen LogP contribution in [0.15, 0.2) is 46.9 Å². The average Bonchev–Trinajstić information content (AvgIpc) is 2.95. The molecular formula is C17H13FN2O3. The zero-order chi connectivity index (χ0) is 15.8. The van der Waals surface area contributed by atoms with Crippen LogP contribution in [0.25, 0.3) is 11.1 Å². The molecule has 0 radical (unpaired) electrons. The van der Waals surface area contributed by atoms with Gasteiger partial charge < -0.3 is 9.15 Å². The Morgan fingerprint density at radius 3 is 3.04 bits per heavy atom. The molecule has 3 aromatic rings. The largest absolute Gasteiger partial charge is 0.493 e. The van der Waals surface area contributed by atoms with Gasteiger partial charge in [-0.3, -0.25) is 10.1 Å². The van der Waals surface area contributed by atoms with Crippen LogP contribution < -0.4 is 10.1 Å². The minimum atomic E-state index is -0.401. The molecule has 23 heavy (non-hydrogen) atoms. The van der Waals surface area contributed by atoms with Gasteiger partial charge >= 0.3 is 6.01 Å². The number of hydrogen-bond acceptors (Lipinski definition) is 4. The predicted octanol–water partition coefficient (Wildman–Crippen LogP) is 3.47. The van der Waals surface area contributed by atoms with Crippen LogP contribution in [0.2, 0.25) is 0 Å². The first-order valence-electron chi connectivity index (χ1n) is 7.29. The first kappa shape index (κ1) is 13.8. The van der Waals surface area contributed by atoms with Crippen LogP contribution in [-0.2, 0) is 4.79 Å². The maximum Gasteiger partial charge on any atom is 0.302 e. The second kappa shape index (κ2) is 5.39. The number of nitrogens with zero attached hydrogens (tertiary/aromatic N) is 1. The van der Waals surface area contributed by atoms with Gasteiger partial charge in [0.25, 0.3) is 0 Å². The maximum absolute atomic E-state index is 13.2. The number of anilines is 1. The zero-order valence-corrected chi connectivity index (χ0v) is 12.1. The van der Waals surface area contributed by atoms with Crippen molar-refractivity contribution in [1.82, 2.24) is 4.98 Å². The number of carbonyl (C=O) groups excluding carboxylic acids is 1. The van der Waals surface area contributed by atoms with Crippen LogP contribution >= 0.6 is 0 Å². The molecule has 0 fully saturated rings. The SMILES string of the molecule is O=C(Nc1nc2cc(F)ccc2o1)C1CCOc2ccccc21. The van der Waals surface area contributed by atoms with Crippen molar-refractivity contribution in [3.8, 4) is 5.75 Å². The van der Waals surface area contributed by atoms with Crippen molar-refractivity contribution in [3.05, 3.63) is 53.8 Å². The number of para-hydroxylation sites is 1. The van der Waals surface area contributed by atoms with E-state index in [0.717, 1.165) is 11.3 Å². The second-order valence-electron chi connectivity index (χ2n) is 5.35. The summed E-state index contributed by atoms with van der Waals surface area (Å²) in [7, 11) is 0. The minimum Gasteiger partial charge on any atom is -0.493 e. The van der Waals surface area contributed by atoms with Crippen molar-refractivity contribution >= 4 is 23.0 Å². The fourth-order valence-electron chi connectivity index (χ4n) is 2.76. The molecule has 0 aliphatic carbocycles. The summed E-state index contributed by atoms with van der Waals surface area (Å²) >= 11 is 0. The van der Waals surface area contributed by atoms with Crippen LogP contribution in [-0.4, -0.2) is 17.5 Å². The van der Waals surface area contributed by atoms with Gasteiger partial charge in [0.15, 0.2) is 5.58 Å². The summed E-state index contributed by atoms with van der Waals surface area (Å²) in [6.45, 7) is 0.480. The Morgan fingerprint density at radius 1 is 1.26 bits per heavy atom. The molecule has 0 spiro atoms. The molecule has 0 bridgehead atoms. The van der Waals surface area contributed by atoms with E-state index in [1.54, 1.807) is 0 Å². The van der Waals surface area contributed by atoms with Gasteiger partial charge in [0, 0.05) is 11.6 Å². The normalized spacial score (nSPS) is 16.7. The minimum absolute atomic E-state index is 0.0690. The van der Waals surface area contributed by atoms with Crippen molar-refractivity contribution in [1.29, 1.82) is 0 Å². The Labute approximate surface area is 131 Å². The Bertz CT molecular complexity index is 890. The number of ether oxygens (including phenoxy) is 1. The van der Waals surface area contributed by atoms with E-state index in [1.807, 2.05) is 24.3 Å². The summed E-state index contributed by atoms with van der Waals surface area (Å²) in [5, 5.41) is 2.67. The number of hydrogen-bond donors (Lipinski definition) is 1. The highest BCUT2D eigenvalue weighted by atomic mass is 19.1. The van der Waals surface area contributed by atoms with Crippen LogP contribution in [0.4, 0.5) is 10.4 Å². The van der Waals surface area contributed by atoms with E-state index in [0.29, 0.717) is 24.1 Å². The van der Waals surface area contributed by atoms with E-state index in [2.05, 4.69) is 10.3 Å². The van der Waals surface area contributed by atoms with Crippen LogP contribution in [0.1, 0.15) is 17.9 Å². The van der Waals surface area contributed by atoms with Gasteiger partial charge in [-0.1, -0.05) is 18.2 Å². The highest BCUT2D eigenvalue weighted by Crippen LogP contribution is 2.34. The lowest BCUT2D eigenvalue weighted by Crippen LogP contribution is -2.26. The lowest BCUT2D eigenvalue weighted by molar-refractivity contribution is -0.118. The average molecular weight is 312 g/mol. The quantitative estimate of drug-likeness (QED) is 0.787. The van der Waals surface area contributed by atoms with E-state index in [-0.39, 0.29) is 17.8 Å². The fraction of sp³-hybridized carbons (Fsp3) is 0.176. The standard InChI is InChI=1S/C17H13FN2O3/c18-10-5-6-15-13(9-10)19-17(23-15)20-16(21)12-7-8-22-14-4-2-1-3-11(12)14/h1-6,9,12H,7-8H2,(H,19,20,21). The zero-order valence-electron chi connectivity index (χ0n) is 12.1. The Hall–Kier alpha value is -2.89. The smallest absolute Gasteiger partial charge is 0.302 e. The molecule has 2 heterocycles. The number of halogens is 1. The summed E-state index contributed by atoms with van der Waals surface area (Å²) in [6.07, 6.45) is 0.581. The van der Waals surface area contributed by atoms with Gasteiger partial charge in [-0.05, 0) is 24.6 Å². The van der Waals surface area contributed by atoms with E-state index in [4.69, 9.17) is 9.15 Å². The molecule has 1 atom stereocenters. The van der Waals surface area contributed by atoms with Gasteiger partial charge in [-0.2, -0.15) is 4.98 Å². The molecule has 4 rings (SSSR count). The number of rotatable bonds is 2. The number of carbonyl (C=O) groups is 1. The highest BCUT2D eigenvalue weighted by Gasteiger charge is 2.28. The Balaban J connectivity index is 1.60. The molecule has 1 aliphatic rings. The molecule has 0 saturated heterocycles. The Morgan fingerprint density at radius 2 is 2.13 bits per heavy atom. The molecule has 116 valence electrons. The number of aromatic nitrogens is 1. The monoisotopic (exact) mass is 312 g/mol. The van der Waals surface area contributed by atoms with Gasteiger partial charge in [0.05, 0.1) is 12.5 Å². The molecule has 1 aromatic heterocycles. The first-order chi connectivity index (χ1) is 11.2. The third-order valence-corrected chi connectivity index (χ3v) is 3.85. The summed E-state index contributed by atoms with van der Waals surface area (Å²) in [5.41, 5.74) is 1.64. The summed E-state index contributed by atoms with van der Waals surface area (Å²) in [6, 6.07) is 11.6. The predicted molar refractivity (Wildman–Crippen MR) is 81.9 cm³/mol. The van der Waals surface area contributed by atoms with Crippen molar-refractivity contribution in [2.24, 2.45) is 0 Å². The van der Waals surface area contributed by atoms with E-state index in [9.17, 15) is 9.18 Å². The maximum atomic E-state index is 13.2. The van der Waals surface area contributed by atoms with E-state index < -0.39 is 5.82 Å². The lowest BCUT2D eigenvalue weighted by Gasteiger charge is -2.24. The lowest BCUT2D eigenvalue weighted by atomic mass is 9.92. The molecule has 2 aromatic carbocycles. The molecule has 1 amide bonds. The first-order valence-corrected chi connectivity index (χ1v) is 7.29. The summed E-state index contributed by atoms with van der Waals surface area (Å²) < 4.78 is 24.2. The fourth-order valence-corrected chi connectivity index (χ4v) is 2.76. The molecule has 5 nitrogen and oxygen atoms in total. The van der Waals surface area contributed by atoms with E-state index in [1.165, 1.54) is 18.2 Å². The van der Waals surface area contributed by atoms with Gasteiger partial charge in [0.1, 0.15) is 17.1 Å². The van der Waals surface area contributed by atoms with Crippen molar-refractivity contribution in [2.75, 3.05) is 11.9 Å². The third kappa shape index (κ3) is 2.52. The molecule has 6 heteroatoms. The number of nitrogens with one attached hydrogen (secondary N) is 1. The molecule has 1 aliphatic heterocycles. The molecule has 1 unspecified atom stereocenters. The van der Waals surface area contributed by atoms with Gasteiger partial charge in [-0.25, -0.2) is 4.39 Å². The molecular weight excluding hydrogens is 299 g/mol. The highest BCUT2D eigenvalue weighted by molar-refractivity contribution is 5.95. The molecule has 0 saturated carbocycles. The van der Waals surface area contributed by atoms with Crippen LogP contribution in [0.3, 0.4) is 0 Å². The number of fused-ring (bicyclic) bond motifs is 2. The second-order valence-corrected chi connectivity index (χ2v) is 5.35. The number of benzene rings is 2. The van der Waals surface area contributed by atoms with Crippen molar-refractivity contribution in [2.45, 2.75) is 12.3 Å². The van der Waals surface area contributed by atoms with E-state index >= 15 is 0 Å². The summed E-state index contributed by atoms with van der Waals surface area (Å²) in [5.74, 6) is -0.222. The van der Waals surface area contributed by atoms with Gasteiger partial charge in [0.2, 0.25) is 5.91 Å². The summed E-state index contributed by atoms with van der Waals surface area (Å²) in [4.78, 5) is 16.6. The topological polar surface area (TPSA) is 64.4 Å². The number of oxazole rings is 1. The van der Waals surface area contributed by atoms with Crippen molar-refractivity contribution in [3.63, 3.8) is 0 Å². The van der Waals surface area contributed by atoms with Crippen LogP contribution in [0.5, 0.6) is 5.75 Å². The van der Waals surface area contributed by atoms with Crippen LogP contribution in [0, 0.1) is 5.82 Å². The molecule has 1 N–H and O–H groups in total. The number of amides is 1. The third-order valence-electron chi connectivity index (χ3n) is 3.85. The van der Waals surface area contributed by atoms with Crippen molar-refractivity contribution < 1.29 is 18.3 Å². The Kier molecular flexibility index (Phi) is 3.22. The van der Waals surface area contributed by atoms with Gasteiger partial charge in [-0.15, -0.1) is 0 Å².